The van der Waals surface area contributed by atoms with E-state index in [2.05, 4.69) is 166 Å². The zero-order valence-electron chi connectivity index (χ0n) is 82.0. The van der Waals surface area contributed by atoms with E-state index in [1.807, 2.05) is 22.7 Å². The molecular weight excluding hydrogens is 1680 g/mol. The number of unbranched alkanes of at least 4 members (excludes halogenated alkanes) is 48. The van der Waals surface area contributed by atoms with E-state index in [4.69, 9.17) is 4.74 Å². The first-order chi connectivity index (χ1) is 63.0. The van der Waals surface area contributed by atoms with Gasteiger partial charge in [0.1, 0.15) is 0 Å². The highest BCUT2D eigenvalue weighted by atomic mass is 32.1. The van der Waals surface area contributed by atoms with Crippen molar-refractivity contribution in [2.24, 2.45) is 17.8 Å². The van der Waals surface area contributed by atoms with E-state index >= 15 is 14.4 Å². The largest absolute Gasteiger partial charge is 0.377 e. The first-order valence-electron chi connectivity index (χ1n) is 53.3. The molecule has 7 nitrogen and oxygen atoms in total. The Bertz CT molecular complexity index is 4460. The maximum Gasteiger partial charge on any atom is 0.260 e. The number of hydrogen-bond donors (Lipinski definition) is 0. The smallest absolute Gasteiger partial charge is 0.260 e. The molecule has 0 bridgehead atoms. The van der Waals surface area contributed by atoms with Crippen LogP contribution in [0.3, 0.4) is 0 Å². The normalized spacial score (nSPS) is 14.9. The monoisotopic (exact) mass is 1850 g/mol. The van der Waals surface area contributed by atoms with Crippen LogP contribution >= 0.6 is 68.0 Å². The molecule has 3 aliphatic rings. The number of ether oxygens (including phenoxy) is 1. The average Bonchev–Trinajstić information content (AvgIpc) is 1.56. The number of carbonyl (C=O) groups excluding carboxylic acids is 3. The predicted molar refractivity (Wildman–Crippen MR) is 568 cm³/mol. The number of carbonyl (C=O) groups is 3. The minimum atomic E-state index is -0.254. The molecule has 708 valence electrons. The second kappa shape index (κ2) is 61.1. The Morgan fingerprint density at radius 2 is 0.516 bits per heavy atom. The number of methoxy groups -OCH3 is 1. The van der Waals surface area contributed by atoms with Crippen LogP contribution in [0.15, 0.2) is 108 Å². The van der Waals surface area contributed by atoms with Crippen molar-refractivity contribution in [3.63, 3.8) is 0 Å². The van der Waals surface area contributed by atoms with Crippen LogP contribution in [0.4, 0.5) is 11.4 Å². The molecule has 7 aromatic rings. The second-order valence-electron chi connectivity index (χ2n) is 38.8. The van der Waals surface area contributed by atoms with Gasteiger partial charge in [0.05, 0.1) is 34.2 Å². The van der Waals surface area contributed by atoms with Gasteiger partial charge in [-0.15, -0.1) is 68.0 Å². The van der Waals surface area contributed by atoms with E-state index in [0.717, 1.165) is 106 Å². The van der Waals surface area contributed by atoms with Gasteiger partial charge >= 0.3 is 0 Å². The van der Waals surface area contributed by atoms with Gasteiger partial charge in [-0.05, 0) is 154 Å². The van der Waals surface area contributed by atoms with Crippen molar-refractivity contribution in [2.75, 3.05) is 36.5 Å². The molecule has 0 N–H and O–H groups in total. The Kier molecular flexibility index (Phi) is 50.2. The number of amides is 3. The van der Waals surface area contributed by atoms with E-state index in [0.29, 0.717) is 30.8 Å². The van der Waals surface area contributed by atoms with Gasteiger partial charge in [-0.2, -0.15) is 0 Å². The number of allylic oxidation sites excluding steroid dienone is 1. The molecule has 9 heterocycles. The minimum absolute atomic E-state index is 0.107. The first kappa shape index (κ1) is 105. The van der Waals surface area contributed by atoms with Gasteiger partial charge in [-0.3, -0.25) is 14.4 Å². The Morgan fingerprint density at radius 1 is 0.289 bits per heavy atom. The van der Waals surface area contributed by atoms with Gasteiger partial charge in [-0.25, -0.2) is 0 Å². The summed E-state index contributed by atoms with van der Waals surface area (Å²) in [5.74, 6) is 1.52. The molecule has 4 unspecified atom stereocenters. The summed E-state index contributed by atoms with van der Waals surface area (Å²) in [5.41, 5.74) is 6.37. The molecule has 0 saturated heterocycles. The lowest BCUT2D eigenvalue weighted by atomic mass is 9.93. The highest BCUT2D eigenvalue weighted by Crippen LogP contribution is 2.48. The molecule has 3 aliphatic heterocycles. The topological polar surface area (TPSA) is 70.2 Å². The molecule has 13 heteroatoms. The van der Waals surface area contributed by atoms with Crippen molar-refractivity contribution in [3.8, 4) is 39.0 Å². The first-order valence-corrected chi connectivity index (χ1v) is 58.3. The third-order valence-electron chi connectivity index (χ3n) is 28.4. The highest BCUT2D eigenvalue weighted by molar-refractivity contribution is 7.27. The number of anilines is 2. The summed E-state index contributed by atoms with van der Waals surface area (Å²) in [6, 6.07) is 31.6. The predicted octanol–water partition coefficient (Wildman–Crippen LogP) is 36.7. The molecule has 0 spiro atoms. The fourth-order valence-corrected chi connectivity index (χ4v) is 26.8. The quantitative estimate of drug-likeness (QED) is 0.0356. The van der Waals surface area contributed by atoms with Gasteiger partial charge in [0.15, 0.2) is 0 Å². The van der Waals surface area contributed by atoms with Crippen molar-refractivity contribution < 1.29 is 19.1 Å². The lowest BCUT2D eigenvalue weighted by Crippen LogP contribution is -2.35. The van der Waals surface area contributed by atoms with Crippen molar-refractivity contribution in [1.29, 1.82) is 0 Å². The van der Waals surface area contributed by atoms with Crippen LogP contribution in [-0.4, -0.2) is 55.5 Å². The fraction of sp³-hybridized carbons (Fsp3) is 0.661. The fourth-order valence-electron chi connectivity index (χ4n) is 20.5. The molecular formula is C115H173N3O4S6. The molecule has 128 heavy (non-hydrogen) atoms. The van der Waals surface area contributed by atoms with Gasteiger partial charge in [0.25, 0.3) is 17.7 Å². The molecule has 0 radical (unpaired) electrons. The van der Waals surface area contributed by atoms with E-state index in [1.54, 1.807) is 52.5 Å². The third kappa shape index (κ3) is 33.2. The van der Waals surface area contributed by atoms with Crippen LogP contribution in [0.5, 0.6) is 0 Å². The number of hydrogen-bond acceptors (Lipinski definition) is 10. The zero-order chi connectivity index (χ0) is 90.1. The molecule has 4 atom stereocenters. The summed E-state index contributed by atoms with van der Waals surface area (Å²) in [7, 11) is 1.79. The number of fused-ring (bicyclic) bond motifs is 2. The van der Waals surface area contributed by atoms with E-state index in [-0.39, 0.29) is 23.8 Å². The minimum Gasteiger partial charge on any atom is -0.377 e. The van der Waals surface area contributed by atoms with Gasteiger partial charge in [0, 0.05) is 102 Å². The van der Waals surface area contributed by atoms with Crippen LogP contribution in [0.2, 0.25) is 0 Å². The van der Waals surface area contributed by atoms with Crippen molar-refractivity contribution in [3.05, 3.63) is 133 Å². The maximum atomic E-state index is 16.6. The van der Waals surface area contributed by atoms with Gasteiger partial charge < -0.3 is 19.4 Å². The molecule has 10 rings (SSSR count). The highest BCUT2D eigenvalue weighted by Gasteiger charge is 2.41. The summed E-state index contributed by atoms with van der Waals surface area (Å²) in [4.78, 5) is 67.7. The summed E-state index contributed by atoms with van der Waals surface area (Å²) in [6.45, 7) is 20.2. The summed E-state index contributed by atoms with van der Waals surface area (Å²) >= 11 is 10.7. The Hall–Kier alpha value is -4.99. The van der Waals surface area contributed by atoms with Crippen LogP contribution in [-0.2, 0) is 19.1 Å². The number of nitrogens with zero attached hydrogens (tertiary/aromatic N) is 3. The number of rotatable bonds is 75. The summed E-state index contributed by atoms with van der Waals surface area (Å²) in [5, 5.41) is 4.14. The number of thiophene rings is 6. The lowest BCUT2D eigenvalue weighted by Gasteiger charge is -2.27. The van der Waals surface area contributed by atoms with E-state index in [1.165, 1.54) is 389 Å². The third-order valence-corrected chi connectivity index (χ3v) is 35.5. The van der Waals surface area contributed by atoms with Crippen LogP contribution in [0, 0.1) is 17.8 Å². The van der Waals surface area contributed by atoms with Gasteiger partial charge in [-0.1, -0.05) is 400 Å². The second-order valence-corrected chi connectivity index (χ2v) is 45.2. The Morgan fingerprint density at radius 3 is 0.766 bits per heavy atom. The molecule has 6 aromatic heterocycles. The molecule has 0 fully saturated rings. The lowest BCUT2D eigenvalue weighted by molar-refractivity contribution is -0.123. The van der Waals surface area contributed by atoms with Crippen LogP contribution < -0.4 is 20.2 Å². The standard InChI is InChI=1S/C115H173N3O4S6/c1-10-17-23-29-35-41-44-50-56-60-67-90(66-59-53-47-38-32-26-20-13-4)86-116-95(16-7)109(89(8)122-9)112(115(116)121)108-82-79-105(128-108)102-76-75-101(125-102)104-78-81-107(127-104)111-94-85-96-93(84-97(94)118(114(111)120)88-92(69-62-55-49-40-34-28-22-15-6)71-64-58-52-46-43-37-31-25-19-12-3)110(106-80-77-103(126-106)100-74-73-99(124-100)98-72-65-83-123-98)113(119)117(96)87-91(68-61-54-48-39-33-27-21-14-5)70-63-57-51-45-42-36-30-24-18-11-2/h16,65,72-85,89-92H,10-15,17-64,66-71,86-88H2,1-9H3/b95-16+. The molecule has 1 aromatic carbocycles. The van der Waals surface area contributed by atoms with E-state index in [9.17, 15) is 0 Å². The average molecular weight is 1850 g/mol. The number of benzene rings is 1. The molecule has 0 aliphatic carbocycles. The Balaban J connectivity index is 0.986. The summed E-state index contributed by atoms with van der Waals surface area (Å²) < 4.78 is 6.22. The molecule has 3 amide bonds. The SMILES string of the molecule is C/C=C1\C(C(C)OC)=C(c2ccc(-c3ccc(-c4ccc(C5=c6cc7c(cc6N(CC(CCCCCCCCCC)CCCCCCCCCCCC)C5=O)=C(c5ccc(-c6ccc(-c8cccs8)s6)s5)C(=O)N7CC(CCCCCCCCCC)CCCCCCCCCCCC)s4)s3)s2)C(=O)N1CC(CCCCCCCCCC)CCCCCCCCCCCC. The Labute approximate surface area is 804 Å². The van der Waals surface area contributed by atoms with E-state index < -0.39 is 0 Å². The maximum absolute atomic E-state index is 16.6. The van der Waals surface area contributed by atoms with Crippen LogP contribution in [0.1, 0.15) is 455 Å². The van der Waals surface area contributed by atoms with Crippen molar-refractivity contribution in [2.45, 2.75) is 447 Å². The van der Waals surface area contributed by atoms with Crippen molar-refractivity contribution >= 4 is 114 Å². The summed E-state index contributed by atoms with van der Waals surface area (Å²) in [6.07, 6.45) is 79.4. The van der Waals surface area contributed by atoms with Crippen LogP contribution in [0.25, 0.3) is 55.7 Å². The van der Waals surface area contributed by atoms with Gasteiger partial charge in [0.2, 0.25) is 0 Å². The molecule has 0 saturated carbocycles. The zero-order valence-corrected chi connectivity index (χ0v) is 86.9. The van der Waals surface area contributed by atoms with Crippen molar-refractivity contribution in [1.82, 2.24) is 4.90 Å².